The third-order valence-corrected chi connectivity index (χ3v) is 6.66. The number of aliphatic carboxylic acids is 1. The standard InChI is InChI=1S/C18H27N3O5S/c1-3-5-18(16(24)25)11-21(6-4-13(18)22)15(23)14-12(2)19-17(27-14)20-7-9-26-10-8-20/h13,22H,3-11H2,1-2H3,(H,24,25)/t13-,18-/m1/s1. The molecule has 1 aromatic rings. The summed E-state index contributed by atoms with van der Waals surface area (Å²) in [6, 6.07) is 0. The third-order valence-electron chi connectivity index (χ3n) is 5.45. The Balaban J connectivity index is 1.81. The van der Waals surface area contributed by atoms with Gasteiger partial charge in [-0.05, 0) is 19.8 Å². The summed E-state index contributed by atoms with van der Waals surface area (Å²) in [6.45, 7) is 6.85. The van der Waals surface area contributed by atoms with Crippen molar-refractivity contribution in [2.75, 3.05) is 44.3 Å². The van der Waals surface area contributed by atoms with Crippen LogP contribution in [0.4, 0.5) is 5.13 Å². The first kappa shape index (κ1) is 20.0. The lowest BCUT2D eigenvalue weighted by molar-refractivity contribution is -0.162. The lowest BCUT2D eigenvalue weighted by Gasteiger charge is -2.43. The largest absolute Gasteiger partial charge is 0.481 e. The zero-order chi connectivity index (χ0) is 19.6. The highest BCUT2D eigenvalue weighted by Crippen LogP contribution is 2.37. The van der Waals surface area contributed by atoms with E-state index in [-0.39, 0.29) is 18.9 Å². The number of carboxylic acids is 1. The predicted molar refractivity (Wildman–Crippen MR) is 101 cm³/mol. The Bertz CT molecular complexity index is 703. The normalized spacial score (nSPS) is 26.3. The Morgan fingerprint density at radius 3 is 2.67 bits per heavy atom. The van der Waals surface area contributed by atoms with Gasteiger partial charge in [-0.25, -0.2) is 4.98 Å². The van der Waals surface area contributed by atoms with Crippen LogP contribution in [0.15, 0.2) is 0 Å². The number of nitrogens with zero attached hydrogens (tertiary/aromatic N) is 3. The minimum atomic E-state index is -1.30. The van der Waals surface area contributed by atoms with E-state index in [0.29, 0.717) is 43.2 Å². The second-order valence-electron chi connectivity index (χ2n) is 7.25. The van der Waals surface area contributed by atoms with Crippen molar-refractivity contribution in [1.29, 1.82) is 0 Å². The number of carbonyl (C=O) groups is 2. The van der Waals surface area contributed by atoms with Crippen molar-refractivity contribution < 1.29 is 24.5 Å². The van der Waals surface area contributed by atoms with E-state index in [2.05, 4.69) is 9.88 Å². The number of hydrogen-bond acceptors (Lipinski definition) is 7. The molecule has 2 atom stereocenters. The van der Waals surface area contributed by atoms with E-state index in [0.717, 1.165) is 18.2 Å². The Kier molecular flexibility index (Phi) is 6.02. The van der Waals surface area contributed by atoms with Gasteiger partial charge in [-0.3, -0.25) is 9.59 Å². The van der Waals surface area contributed by atoms with Gasteiger partial charge in [0.1, 0.15) is 10.3 Å². The van der Waals surface area contributed by atoms with Gasteiger partial charge in [0.05, 0.1) is 25.0 Å². The summed E-state index contributed by atoms with van der Waals surface area (Å²) < 4.78 is 5.36. The summed E-state index contributed by atoms with van der Waals surface area (Å²) in [4.78, 5) is 33.8. The number of aliphatic hydroxyl groups excluding tert-OH is 1. The van der Waals surface area contributed by atoms with Crippen LogP contribution in [0.2, 0.25) is 0 Å². The highest BCUT2D eigenvalue weighted by Gasteiger charge is 2.49. The van der Waals surface area contributed by atoms with Gasteiger partial charge in [0.25, 0.3) is 5.91 Å². The molecule has 3 heterocycles. The quantitative estimate of drug-likeness (QED) is 0.773. The Labute approximate surface area is 162 Å². The van der Waals surface area contributed by atoms with Gasteiger partial charge in [-0.15, -0.1) is 0 Å². The molecule has 1 aromatic heterocycles. The van der Waals surface area contributed by atoms with Crippen molar-refractivity contribution in [3.8, 4) is 0 Å². The number of carbonyl (C=O) groups excluding carboxylic acids is 1. The molecule has 27 heavy (non-hydrogen) atoms. The van der Waals surface area contributed by atoms with Crippen LogP contribution >= 0.6 is 11.3 Å². The number of carboxylic acid groups (broad SMARTS) is 1. The number of rotatable bonds is 5. The second-order valence-corrected chi connectivity index (χ2v) is 8.23. The lowest BCUT2D eigenvalue weighted by Crippen LogP contribution is -2.57. The summed E-state index contributed by atoms with van der Waals surface area (Å²) in [7, 11) is 0. The van der Waals surface area contributed by atoms with Crippen molar-refractivity contribution in [2.24, 2.45) is 5.41 Å². The molecule has 0 unspecified atom stereocenters. The smallest absolute Gasteiger partial charge is 0.314 e. The molecule has 150 valence electrons. The van der Waals surface area contributed by atoms with Crippen LogP contribution in [0.1, 0.15) is 41.6 Å². The fraction of sp³-hybridized carbons (Fsp3) is 0.722. The second kappa shape index (κ2) is 8.12. The molecule has 9 heteroatoms. The van der Waals surface area contributed by atoms with E-state index in [1.165, 1.54) is 11.3 Å². The monoisotopic (exact) mass is 397 g/mol. The molecule has 2 saturated heterocycles. The fourth-order valence-electron chi connectivity index (χ4n) is 3.88. The van der Waals surface area contributed by atoms with E-state index in [9.17, 15) is 19.8 Å². The van der Waals surface area contributed by atoms with Crippen molar-refractivity contribution in [2.45, 2.75) is 39.2 Å². The molecule has 0 bridgehead atoms. The van der Waals surface area contributed by atoms with E-state index in [1.54, 1.807) is 4.90 Å². The van der Waals surface area contributed by atoms with Crippen LogP contribution in [0.25, 0.3) is 0 Å². The Morgan fingerprint density at radius 1 is 1.33 bits per heavy atom. The number of hydrogen-bond donors (Lipinski definition) is 2. The van der Waals surface area contributed by atoms with Crippen molar-refractivity contribution in [3.63, 3.8) is 0 Å². The number of aliphatic hydroxyl groups is 1. The molecular weight excluding hydrogens is 370 g/mol. The molecule has 0 aromatic carbocycles. The van der Waals surface area contributed by atoms with Crippen LogP contribution in [-0.2, 0) is 9.53 Å². The van der Waals surface area contributed by atoms with Crippen molar-refractivity contribution in [1.82, 2.24) is 9.88 Å². The van der Waals surface area contributed by atoms with E-state index in [4.69, 9.17) is 4.74 Å². The topological polar surface area (TPSA) is 103 Å². The van der Waals surface area contributed by atoms with E-state index in [1.807, 2.05) is 13.8 Å². The number of likely N-dealkylation sites (tertiary alicyclic amines) is 1. The molecule has 0 radical (unpaired) electrons. The maximum absolute atomic E-state index is 13.1. The Morgan fingerprint density at radius 2 is 2.04 bits per heavy atom. The SMILES string of the molecule is CCC[C@@]1(C(=O)O)CN(C(=O)c2sc(N3CCOCC3)nc2C)CC[C@H]1O. The van der Waals surface area contributed by atoms with Crippen LogP contribution in [0, 0.1) is 12.3 Å². The first-order valence-electron chi connectivity index (χ1n) is 9.40. The zero-order valence-electron chi connectivity index (χ0n) is 15.8. The lowest BCUT2D eigenvalue weighted by atomic mass is 9.74. The first-order valence-corrected chi connectivity index (χ1v) is 10.2. The molecular formula is C18H27N3O5S. The summed E-state index contributed by atoms with van der Waals surface area (Å²) in [5.41, 5.74) is -0.636. The number of thiazole rings is 1. The van der Waals surface area contributed by atoms with E-state index < -0.39 is 17.5 Å². The van der Waals surface area contributed by atoms with Gasteiger partial charge in [0, 0.05) is 26.2 Å². The first-order chi connectivity index (χ1) is 12.9. The number of amides is 1. The van der Waals surface area contributed by atoms with Crippen molar-refractivity contribution in [3.05, 3.63) is 10.6 Å². The molecule has 2 N–H and O–H groups in total. The van der Waals surface area contributed by atoms with Gasteiger partial charge in [0.15, 0.2) is 5.13 Å². The third kappa shape index (κ3) is 3.81. The molecule has 0 spiro atoms. The van der Waals surface area contributed by atoms with Gasteiger partial charge < -0.3 is 24.7 Å². The van der Waals surface area contributed by atoms with E-state index >= 15 is 0 Å². The van der Waals surface area contributed by atoms with Crippen LogP contribution in [-0.4, -0.2) is 77.5 Å². The number of anilines is 1. The number of piperidine rings is 1. The number of aryl methyl sites for hydroxylation is 1. The fourth-order valence-corrected chi connectivity index (χ4v) is 4.96. The minimum absolute atomic E-state index is 0.0282. The number of aromatic nitrogens is 1. The maximum Gasteiger partial charge on any atom is 0.314 e. The van der Waals surface area contributed by atoms with Gasteiger partial charge >= 0.3 is 5.97 Å². The molecule has 8 nitrogen and oxygen atoms in total. The zero-order valence-corrected chi connectivity index (χ0v) is 16.6. The van der Waals surface area contributed by atoms with Crippen LogP contribution in [0.3, 0.4) is 0 Å². The highest BCUT2D eigenvalue weighted by molar-refractivity contribution is 7.17. The molecule has 3 rings (SSSR count). The molecule has 2 fully saturated rings. The van der Waals surface area contributed by atoms with Gasteiger partial charge in [-0.2, -0.15) is 0 Å². The van der Waals surface area contributed by atoms with Crippen LogP contribution in [0.5, 0.6) is 0 Å². The average molecular weight is 397 g/mol. The number of ether oxygens (including phenoxy) is 1. The maximum atomic E-state index is 13.1. The molecule has 2 aliphatic rings. The number of morpholine rings is 1. The molecule has 1 amide bonds. The molecule has 0 aliphatic carbocycles. The summed E-state index contributed by atoms with van der Waals surface area (Å²) >= 11 is 1.35. The summed E-state index contributed by atoms with van der Waals surface area (Å²) in [6.07, 6.45) is 0.303. The predicted octanol–water partition coefficient (Wildman–Crippen LogP) is 1.37. The average Bonchev–Trinajstić information content (AvgIpc) is 3.05. The van der Waals surface area contributed by atoms with Crippen LogP contribution < -0.4 is 4.90 Å². The highest BCUT2D eigenvalue weighted by atomic mass is 32.1. The van der Waals surface area contributed by atoms with Crippen molar-refractivity contribution >= 4 is 28.3 Å². The van der Waals surface area contributed by atoms with Gasteiger partial charge in [0.2, 0.25) is 0 Å². The Hall–Kier alpha value is -1.71. The molecule has 0 saturated carbocycles. The summed E-state index contributed by atoms with van der Waals surface area (Å²) in [5, 5.41) is 20.9. The van der Waals surface area contributed by atoms with Gasteiger partial charge in [-0.1, -0.05) is 24.7 Å². The molecule has 2 aliphatic heterocycles. The summed E-state index contributed by atoms with van der Waals surface area (Å²) in [5.74, 6) is -1.23. The minimum Gasteiger partial charge on any atom is -0.481 e.